The van der Waals surface area contributed by atoms with Gasteiger partial charge in [0.1, 0.15) is 5.82 Å². The Balaban J connectivity index is 2.41. The largest absolute Gasteiger partial charge is 0.330 e. The first-order valence-electron chi connectivity index (χ1n) is 5.63. The van der Waals surface area contributed by atoms with Crippen LogP contribution in [-0.4, -0.2) is 21.1 Å². The highest BCUT2D eigenvalue weighted by Crippen LogP contribution is 2.23. The number of nitrogens with zero attached hydrogens (tertiary/aromatic N) is 1. The van der Waals surface area contributed by atoms with Gasteiger partial charge in [0.2, 0.25) is 0 Å². The van der Waals surface area contributed by atoms with Crippen LogP contribution in [0.25, 0.3) is 11.0 Å². The molecule has 6 heteroatoms. The SMILES string of the molecule is CSC(C)CCn1c(=S)[nH]c2cc(F)c(Cl)cc21. The monoisotopic (exact) mass is 304 g/mol. The third-order valence-corrected chi connectivity index (χ3v) is 4.63. The van der Waals surface area contributed by atoms with Crippen LogP contribution in [0.3, 0.4) is 0 Å². The second-order valence-electron chi connectivity index (χ2n) is 4.20. The summed E-state index contributed by atoms with van der Waals surface area (Å²) in [5.74, 6) is -0.426. The van der Waals surface area contributed by atoms with Crippen molar-refractivity contribution in [3.63, 3.8) is 0 Å². The minimum absolute atomic E-state index is 0.128. The lowest BCUT2D eigenvalue weighted by molar-refractivity contribution is 0.628. The van der Waals surface area contributed by atoms with E-state index in [0.29, 0.717) is 15.5 Å². The van der Waals surface area contributed by atoms with Crippen LogP contribution in [0.4, 0.5) is 4.39 Å². The second-order valence-corrected chi connectivity index (χ2v) is 6.27. The Kier molecular flexibility index (Phi) is 4.35. The summed E-state index contributed by atoms with van der Waals surface area (Å²) in [6.45, 7) is 2.98. The molecule has 0 amide bonds. The van der Waals surface area contributed by atoms with Gasteiger partial charge in [0.25, 0.3) is 0 Å². The first kappa shape index (κ1) is 13.9. The molecule has 0 aliphatic rings. The minimum atomic E-state index is -0.426. The van der Waals surface area contributed by atoms with Crippen LogP contribution in [0.1, 0.15) is 13.3 Å². The lowest BCUT2D eigenvalue weighted by Crippen LogP contribution is -2.04. The average Bonchev–Trinajstić information content (AvgIpc) is 2.62. The molecule has 0 radical (unpaired) electrons. The quantitative estimate of drug-likeness (QED) is 0.831. The number of aromatic amines is 1. The first-order chi connectivity index (χ1) is 8.52. The molecule has 1 heterocycles. The first-order valence-corrected chi connectivity index (χ1v) is 7.70. The van der Waals surface area contributed by atoms with Gasteiger partial charge in [-0.3, -0.25) is 0 Å². The van der Waals surface area contributed by atoms with Gasteiger partial charge in [0.05, 0.1) is 16.1 Å². The molecule has 0 aliphatic carbocycles. The van der Waals surface area contributed by atoms with E-state index in [-0.39, 0.29) is 5.02 Å². The normalized spacial score (nSPS) is 13.1. The van der Waals surface area contributed by atoms with Crippen molar-refractivity contribution in [2.45, 2.75) is 25.1 Å². The number of halogens is 2. The number of benzene rings is 1. The Bertz CT molecular complexity index is 620. The molecule has 0 spiro atoms. The maximum atomic E-state index is 13.4. The number of thioether (sulfide) groups is 1. The standard InChI is InChI=1S/C12H14ClFN2S2/c1-7(18-2)3-4-16-11-5-8(13)9(14)6-10(11)15-12(16)17/h5-7H,3-4H2,1-2H3,(H,15,17). The molecule has 2 rings (SSSR count). The Morgan fingerprint density at radius 3 is 2.94 bits per heavy atom. The van der Waals surface area contributed by atoms with Crippen LogP contribution < -0.4 is 0 Å². The summed E-state index contributed by atoms with van der Waals surface area (Å²) in [7, 11) is 0. The maximum absolute atomic E-state index is 13.4. The molecule has 1 unspecified atom stereocenters. The molecular formula is C12H14ClFN2S2. The van der Waals surface area contributed by atoms with Crippen LogP contribution >= 0.6 is 35.6 Å². The van der Waals surface area contributed by atoms with E-state index in [1.54, 1.807) is 6.07 Å². The van der Waals surface area contributed by atoms with E-state index in [9.17, 15) is 4.39 Å². The van der Waals surface area contributed by atoms with E-state index < -0.39 is 5.82 Å². The molecule has 0 saturated carbocycles. The summed E-state index contributed by atoms with van der Waals surface area (Å²) in [4.78, 5) is 3.01. The molecule has 2 aromatic rings. The third-order valence-electron chi connectivity index (χ3n) is 2.98. The second kappa shape index (κ2) is 5.63. The molecule has 18 heavy (non-hydrogen) atoms. The topological polar surface area (TPSA) is 20.7 Å². The van der Waals surface area contributed by atoms with E-state index in [4.69, 9.17) is 23.8 Å². The lowest BCUT2D eigenvalue weighted by atomic mass is 10.3. The molecule has 0 fully saturated rings. The van der Waals surface area contributed by atoms with E-state index in [1.807, 2.05) is 16.3 Å². The van der Waals surface area contributed by atoms with Crippen LogP contribution in [0.5, 0.6) is 0 Å². The van der Waals surface area contributed by atoms with Gasteiger partial charge < -0.3 is 9.55 Å². The van der Waals surface area contributed by atoms with Crippen molar-refractivity contribution in [3.05, 3.63) is 27.7 Å². The van der Waals surface area contributed by atoms with Crippen molar-refractivity contribution in [2.24, 2.45) is 0 Å². The van der Waals surface area contributed by atoms with E-state index in [0.717, 1.165) is 18.5 Å². The fourth-order valence-corrected chi connectivity index (χ4v) is 2.60. The summed E-state index contributed by atoms with van der Waals surface area (Å²) in [6.07, 6.45) is 3.10. The Hall–Kier alpha value is -0.520. The number of nitrogens with one attached hydrogen (secondary N) is 1. The van der Waals surface area contributed by atoms with E-state index in [1.165, 1.54) is 6.07 Å². The lowest BCUT2D eigenvalue weighted by Gasteiger charge is -2.09. The van der Waals surface area contributed by atoms with Gasteiger partial charge in [-0.15, -0.1) is 0 Å². The summed E-state index contributed by atoms with van der Waals surface area (Å²) in [5, 5.41) is 0.691. The number of fused-ring (bicyclic) bond motifs is 1. The van der Waals surface area contributed by atoms with Gasteiger partial charge in [-0.1, -0.05) is 18.5 Å². The fraction of sp³-hybridized carbons (Fsp3) is 0.417. The van der Waals surface area contributed by atoms with Gasteiger partial charge in [-0.05, 0) is 31.0 Å². The molecule has 1 aromatic heterocycles. The third kappa shape index (κ3) is 2.73. The molecule has 98 valence electrons. The van der Waals surface area contributed by atoms with Crippen molar-refractivity contribution in [1.82, 2.24) is 9.55 Å². The van der Waals surface area contributed by atoms with Gasteiger partial charge in [-0.2, -0.15) is 11.8 Å². The number of imidazole rings is 1. The zero-order chi connectivity index (χ0) is 13.3. The molecule has 1 atom stereocenters. The van der Waals surface area contributed by atoms with Crippen LogP contribution in [0.2, 0.25) is 5.02 Å². The number of hydrogen-bond donors (Lipinski definition) is 1. The van der Waals surface area contributed by atoms with Crippen LogP contribution in [0, 0.1) is 10.6 Å². The number of rotatable bonds is 4. The molecule has 1 aromatic carbocycles. The molecule has 0 aliphatic heterocycles. The number of aromatic nitrogens is 2. The average molecular weight is 305 g/mol. The van der Waals surface area contributed by atoms with Crippen molar-refractivity contribution in [1.29, 1.82) is 0 Å². The molecule has 0 saturated heterocycles. The number of hydrogen-bond acceptors (Lipinski definition) is 2. The fourth-order valence-electron chi connectivity index (χ4n) is 1.80. The highest BCUT2D eigenvalue weighted by Gasteiger charge is 2.10. The summed E-state index contributed by atoms with van der Waals surface area (Å²) in [5.41, 5.74) is 1.55. The zero-order valence-corrected chi connectivity index (χ0v) is 12.6. The molecule has 0 bridgehead atoms. The Morgan fingerprint density at radius 2 is 2.28 bits per heavy atom. The van der Waals surface area contributed by atoms with Gasteiger partial charge in [0.15, 0.2) is 4.77 Å². The van der Waals surface area contributed by atoms with E-state index in [2.05, 4.69) is 18.2 Å². The van der Waals surface area contributed by atoms with Crippen molar-refractivity contribution >= 4 is 46.6 Å². The van der Waals surface area contributed by atoms with E-state index >= 15 is 0 Å². The van der Waals surface area contributed by atoms with Crippen molar-refractivity contribution in [2.75, 3.05) is 6.26 Å². The predicted molar refractivity (Wildman–Crippen MR) is 79.7 cm³/mol. The van der Waals surface area contributed by atoms with Crippen molar-refractivity contribution < 1.29 is 4.39 Å². The van der Waals surface area contributed by atoms with Gasteiger partial charge in [-0.25, -0.2) is 4.39 Å². The molecule has 2 nitrogen and oxygen atoms in total. The summed E-state index contributed by atoms with van der Waals surface area (Å²) in [6, 6.07) is 3.02. The highest BCUT2D eigenvalue weighted by molar-refractivity contribution is 7.99. The minimum Gasteiger partial charge on any atom is -0.330 e. The number of H-pyrrole nitrogens is 1. The van der Waals surface area contributed by atoms with Gasteiger partial charge >= 0.3 is 0 Å². The summed E-state index contributed by atoms with van der Waals surface area (Å²) < 4.78 is 15.9. The predicted octanol–water partition coefficient (Wildman–Crippen LogP) is 4.63. The molecular weight excluding hydrogens is 291 g/mol. The maximum Gasteiger partial charge on any atom is 0.178 e. The Morgan fingerprint density at radius 1 is 1.56 bits per heavy atom. The van der Waals surface area contributed by atoms with Gasteiger partial charge in [0, 0.05) is 17.9 Å². The van der Waals surface area contributed by atoms with Crippen molar-refractivity contribution in [3.8, 4) is 0 Å². The molecule has 1 N–H and O–H groups in total. The van der Waals surface area contributed by atoms with Crippen LogP contribution in [-0.2, 0) is 6.54 Å². The zero-order valence-electron chi connectivity index (χ0n) is 10.2. The summed E-state index contributed by atoms with van der Waals surface area (Å²) >= 11 is 12.9. The Labute approximate surface area is 120 Å². The number of aryl methyl sites for hydroxylation is 1. The smallest absolute Gasteiger partial charge is 0.178 e. The van der Waals surface area contributed by atoms with Crippen LogP contribution in [0.15, 0.2) is 12.1 Å². The highest BCUT2D eigenvalue weighted by atomic mass is 35.5.